The van der Waals surface area contributed by atoms with Gasteiger partial charge in [-0.3, -0.25) is 0 Å². The molecule has 2 rings (SSSR count). The molecule has 0 bridgehead atoms. The van der Waals surface area contributed by atoms with Crippen LogP contribution in [0.15, 0.2) is 36.5 Å². The van der Waals surface area contributed by atoms with Gasteiger partial charge in [0.25, 0.3) is 0 Å². The lowest BCUT2D eigenvalue weighted by atomic mass is 10.2. The highest BCUT2D eigenvalue weighted by Crippen LogP contribution is 2.17. The van der Waals surface area contributed by atoms with Gasteiger partial charge in [0.05, 0.1) is 0 Å². The molecule has 15 heavy (non-hydrogen) atoms. The number of rotatable bonds is 1. The van der Waals surface area contributed by atoms with E-state index in [1.165, 1.54) is 0 Å². The fourth-order valence-electron chi connectivity index (χ4n) is 1.51. The van der Waals surface area contributed by atoms with Crippen LogP contribution in [0.3, 0.4) is 0 Å². The van der Waals surface area contributed by atoms with Crippen LogP contribution in [0.25, 0.3) is 5.69 Å². The summed E-state index contributed by atoms with van der Waals surface area (Å²) >= 11 is 0. The molecule has 0 spiro atoms. The van der Waals surface area contributed by atoms with Gasteiger partial charge in [-0.1, -0.05) is 0 Å². The van der Waals surface area contributed by atoms with Gasteiger partial charge >= 0.3 is 0 Å². The van der Waals surface area contributed by atoms with Crippen molar-refractivity contribution in [3.8, 4) is 11.8 Å². The van der Waals surface area contributed by atoms with Crippen LogP contribution < -0.4 is 5.73 Å². The normalized spacial score (nSPS) is 9.87. The smallest absolute Gasteiger partial charge is 0.124 e. The van der Waals surface area contributed by atoms with Crippen LogP contribution >= 0.6 is 0 Å². The molecule has 0 aliphatic heterocycles. The number of benzene rings is 1. The van der Waals surface area contributed by atoms with Crippen LogP contribution in [0.5, 0.6) is 0 Å². The summed E-state index contributed by atoms with van der Waals surface area (Å²) < 4.78 is 1.84. The van der Waals surface area contributed by atoms with Crippen LogP contribution in [0, 0.1) is 18.3 Å². The zero-order chi connectivity index (χ0) is 10.8. The number of anilines is 1. The summed E-state index contributed by atoms with van der Waals surface area (Å²) in [6.07, 6.45) is 1.86. The summed E-state index contributed by atoms with van der Waals surface area (Å²) in [5.74, 6) is 0. The van der Waals surface area contributed by atoms with Gasteiger partial charge in [-0.15, -0.1) is 0 Å². The SMILES string of the molecule is Cc1cc(-n2cccc2C#N)ccc1N. The predicted octanol–water partition coefficient (Wildman–Crippen LogP) is 2.24. The topological polar surface area (TPSA) is 54.7 Å². The summed E-state index contributed by atoms with van der Waals surface area (Å²) in [7, 11) is 0. The molecule has 0 radical (unpaired) electrons. The van der Waals surface area contributed by atoms with Gasteiger partial charge in [-0.05, 0) is 42.8 Å². The van der Waals surface area contributed by atoms with Crippen molar-refractivity contribution in [2.24, 2.45) is 0 Å². The maximum Gasteiger partial charge on any atom is 0.124 e. The van der Waals surface area contributed by atoms with E-state index in [4.69, 9.17) is 11.0 Å². The molecule has 0 fully saturated rings. The van der Waals surface area contributed by atoms with Crippen molar-refractivity contribution in [3.63, 3.8) is 0 Å². The van der Waals surface area contributed by atoms with Gasteiger partial charge < -0.3 is 10.3 Å². The molecule has 0 atom stereocenters. The van der Waals surface area contributed by atoms with Crippen LogP contribution in [0.2, 0.25) is 0 Å². The lowest BCUT2D eigenvalue weighted by Crippen LogP contribution is -1.97. The van der Waals surface area contributed by atoms with E-state index in [0.717, 1.165) is 16.9 Å². The monoisotopic (exact) mass is 197 g/mol. The van der Waals surface area contributed by atoms with Crippen molar-refractivity contribution in [1.82, 2.24) is 4.57 Å². The van der Waals surface area contributed by atoms with Gasteiger partial charge in [0.15, 0.2) is 0 Å². The molecule has 1 heterocycles. The largest absolute Gasteiger partial charge is 0.399 e. The number of nitrogens with two attached hydrogens (primary N) is 1. The minimum atomic E-state index is 0.624. The fraction of sp³-hybridized carbons (Fsp3) is 0.0833. The Morgan fingerprint density at radius 3 is 2.80 bits per heavy atom. The Kier molecular flexibility index (Phi) is 2.18. The molecule has 3 nitrogen and oxygen atoms in total. The molecule has 0 aliphatic carbocycles. The average molecular weight is 197 g/mol. The first-order valence-corrected chi connectivity index (χ1v) is 4.66. The Bertz CT molecular complexity index is 532. The van der Waals surface area contributed by atoms with E-state index < -0.39 is 0 Å². The lowest BCUT2D eigenvalue weighted by molar-refractivity contribution is 1.05. The second-order valence-electron chi connectivity index (χ2n) is 3.42. The molecule has 1 aromatic heterocycles. The number of hydrogen-bond donors (Lipinski definition) is 1. The highest BCUT2D eigenvalue weighted by molar-refractivity contribution is 5.53. The maximum absolute atomic E-state index is 8.90. The molecular weight excluding hydrogens is 186 g/mol. The Morgan fingerprint density at radius 2 is 2.13 bits per heavy atom. The second kappa shape index (κ2) is 3.50. The van der Waals surface area contributed by atoms with Crippen molar-refractivity contribution in [1.29, 1.82) is 5.26 Å². The highest BCUT2D eigenvalue weighted by atomic mass is 15.0. The molecule has 0 aliphatic rings. The molecule has 1 aromatic carbocycles. The average Bonchev–Trinajstić information content (AvgIpc) is 2.70. The summed E-state index contributed by atoms with van der Waals surface area (Å²) in [4.78, 5) is 0. The van der Waals surface area contributed by atoms with Gasteiger partial charge in [0.1, 0.15) is 11.8 Å². The van der Waals surface area contributed by atoms with Crippen molar-refractivity contribution in [3.05, 3.63) is 47.8 Å². The summed E-state index contributed by atoms with van der Waals surface area (Å²) in [6.45, 7) is 1.95. The van der Waals surface area contributed by atoms with E-state index in [-0.39, 0.29) is 0 Å². The van der Waals surface area contributed by atoms with Crippen molar-refractivity contribution >= 4 is 5.69 Å². The minimum absolute atomic E-state index is 0.624. The molecular formula is C12H11N3. The number of nitriles is 1. The Labute approximate surface area is 88.4 Å². The Morgan fingerprint density at radius 1 is 1.33 bits per heavy atom. The highest BCUT2D eigenvalue weighted by Gasteiger charge is 2.03. The standard InChI is InChI=1S/C12H11N3/c1-9-7-10(4-5-12(9)14)15-6-2-3-11(15)8-13/h2-7H,14H2,1H3. The molecule has 0 unspecified atom stereocenters. The minimum Gasteiger partial charge on any atom is -0.399 e. The predicted molar refractivity (Wildman–Crippen MR) is 59.6 cm³/mol. The molecule has 0 saturated heterocycles. The third-order valence-corrected chi connectivity index (χ3v) is 2.39. The maximum atomic E-state index is 8.90. The van der Waals surface area contributed by atoms with Gasteiger partial charge in [-0.25, -0.2) is 0 Å². The molecule has 3 heteroatoms. The number of hydrogen-bond acceptors (Lipinski definition) is 2. The number of nitrogen functional groups attached to an aromatic ring is 1. The van der Waals surface area contributed by atoms with Gasteiger partial charge in [0.2, 0.25) is 0 Å². The molecule has 0 saturated carbocycles. The van der Waals surface area contributed by atoms with Crippen LogP contribution in [0.1, 0.15) is 11.3 Å². The summed E-state index contributed by atoms with van der Waals surface area (Å²) in [5.41, 5.74) is 9.11. The van der Waals surface area contributed by atoms with E-state index >= 15 is 0 Å². The molecule has 2 aromatic rings. The van der Waals surface area contributed by atoms with Gasteiger partial charge in [0, 0.05) is 17.6 Å². The molecule has 74 valence electrons. The van der Waals surface area contributed by atoms with Crippen molar-refractivity contribution < 1.29 is 0 Å². The third kappa shape index (κ3) is 1.57. The molecule has 2 N–H and O–H groups in total. The fourth-order valence-corrected chi connectivity index (χ4v) is 1.51. The van der Waals surface area contributed by atoms with Crippen LogP contribution in [-0.4, -0.2) is 4.57 Å². The first-order chi connectivity index (χ1) is 7.22. The van der Waals surface area contributed by atoms with E-state index in [0.29, 0.717) is 5.69 Å². The second-order valence-corrected chi connectivity index (χ2v) is 3.42. The molecule has 0 amide bonds. The quantitative estimate of drug-likeness (QED) is 0.713. The summed E-state index contributed by atoms with van der Waals surface area (Å²) in [5, 5.41) is 8.90. The zero-order valence-electron chi connectivity index (χ0n) is 8.44. The third-order valence-electron chi connectivity index (χ3n) is 2.39. The Hall–Kier alpha value is -2.21. The van der Waals surface area contributed by atoms with Crippen LogP contribution in [-0.2, 0) is 0 Å². The Balaban J connectivity index is 2.56. The van der Waals surface area contributed by atoms with Crippen LogP contribution in [0.4, 0.5) is 5.69 Å². The summed E-state index contributed by atoms with van der Waals surface area (Å²) in [6, 6.07) is 11.5. The number of aryl methyl sites for hydroxylation is 1. The lowest BCUT2D eigenvalue weighted by Gasteiger charge is -2.07. The van der Waals surface area contributed by atoms with Gasteiger partial charge in [-0.2, -0.15) is 5.26 Å². The van der Waals surface area contributed by atoms with E-state index in [1.54, 1.807) is 6.07 Å². The van der Waals surface area contributed by atoms with Crippen molar-refractivity contribution in [2.45, 2.75) is 6.92 Å². The first kappa shape index (κ1) is 9.35. The first-order valence-electron chi connectivity index (χ1n) is 4.66. The number of aromatic nitrogens is 1. The van der Waals surface area contributed by atoms with E-state index in [1.807, 2.05) is 42.0 Å². The van der Waals surface area contributed by atoms with E-state index in [9.17, 15) is 0 Å². The number of nitrogens with zero attached hydrogens (tertiary/aromatic N) is 2. The zero-order valence-corrected chi connectivity index (χ0v) is 8.44. The van der Waals surface area contributed by atoms with Crippen molar-refractivity contribution in [2.75, 3.05) is 5.73 Å². The van der Waals surface area contributed by atoms with E-state index in [2.05, 4.69) is 6.07 Å².